The molecular weight excluding hydrogens is 250 g/mol. The molecule has 2 aromatic heterocycles. The van der Waals surface area contributed by atoms with Crippen LogP contribution in [0.2, 0.25) is 0 Å². The number of aromatic amines is 1. The molecule has 0 bridgehead atoms. The Balaban J connectivity index is 0.00000120. The van der Waals surface area contributed by atoms with E-state index < -0.39 is 0 Å². The Labute approximate surface area is 112 Å². The summed E-state index contributed by atoms with van der Waals surface area (Å²) >= 11 is 0. The van der Waals surface area contributed by atoms with Crippen molar-refractivity contribution in [3.05, 3.63) is 18.3 Å². The van der Waals surface area contributed by atoms with Crippen LogP contribution in [-0.2, 0) is 0 Å². The molecule has 3 N–H and O–H groups in total. The van der Waals surface area contributed by atoms with Gasteiger partial charge in [-0.15, -0.1) is 12.4 Å². The van der Waals surface area contributed by atoms with Gasteiger partial charge in [0.1, 0.15) is 0 Å². The summed E-state index contributed by atoms with van der Waals surface area (Å²) in [7, 11) is 0. The molecule has 0 radical (unpaired) electrons. The van der Waals surface area contributed by atoms with Crippen molar-refractivity contribution in [1.29, 1.82) is 0 Å². The lowest BCUT2D eigenvalue weighted by molar-refractivity contribution is 0.412. The van der Waals surface area contributed by atoms with E-state index in [4.69, 9.17) is 5.73 Å². The molecule has 98 valence electrons. The molecule has 0 amide bonds. The molecule has 2 aromatic rings. The third-order valence-electron chi connectivity index (χ3n) is 3.49. The fourth-order valence-corrected chi connectivity index (χ4v) is 2.36. The van der Waals surface area contributed by atoms with Gasteiger partial charge in [0.2, 0.25) is 5.95 Å². The number of rotatable bonds is 2. The van der Waals surface area contributed by atoms with Crippen LogP contribution in [0.5, 0.6) is 0 Å². The van der Waals surface area contributed by atoms with Gasteiger partial charge in [-0.2, -0.15) is 4.98 Å². The van der Waals surface area contributed by atoms with E-state index in [0.717, 1.165) is 49.6 Å². The highest BCUT2D eigenvalue weighted by Crippen LogP contribution is 2.22. The van der Waals surface area contributed by atoms with Gasteiger partial charge in [-0.1, -0.05) is 0 Å². The normalized spacial score (nSPS) is 16.8. The smallest absolute Gasteiger partial charge is 0.205 e. The van der Waals surface area contributed by atoms with E-state index in [1.54, 1.807) is 6.20 Å². The topological polar surface area (TPSA) is 70.8 Å². The Bertz CT molecular complexity index is 471. The van der Waals surface area contributed by atoms with Gasteiger partial charge in [0.15, 0.2) is 5.65 Å². The first-order chi connectivity index (χ1) is 8.36. The zero-order valence-electron chi connectivity index (χ0n) is 10.2. The van der Waals surface area contributed by atoms with Crippen molar-refractivity contribution in [1.82, 2.24) is 15.0 Å². The Hall–Kier alpha value is -1.33. The van der Waals surface area contributed by atoms with Crippen LogP contribution in [0.3, 0.4) is 0 Å². The van der Waals surface area contributed by atoms with Crippen LogP contribution in [0.4, 0.5) is 5.95 Å². The van der Waals surface area contributed by atoms with Crippen molar-refractivity contribution >= 4 is 29.5 Å². The van der Waals surface area contributed by atoms with Gasteiger partial charge in [0.05, 0.1) is 5.52 Å². The highest BCUT2D eigenvalue weighted by molar-refractivity contribution is 5.85. The third-order valence-corrected chi connectivity index (χ3v) is 3.49. The number of fused-ring (bicyclic) bond motifs is 1. The van der Waals surface area contributed by atoms with Gasteiger partial charge >= 0.3 is 0 Å². The minimum atomic E-state index is 0. The summed E-state index contributed by atoms with van der Waals surface area (Å²) in [5.41, 5.74) is 7.49. The molecule has 6 heteroatoms. The van der Waals surface area contributed by atoms with Crippen LogP contribution in [0, 0.1) is 5.92 Å². The maximum Gasteiger partial charge on any atom is 0.205 e. The molecule has 1 saturated heterocycles. The molecule has 3 rings (SSSR count). The summed E-state index contributed by atoms with van der Waals surface area (Å²) in [6.45, 7) is 2.86. The number of imidazole rings is 1. The maximum absolute atomic E-state index is 5.70. The van der Waals surface area contributed by atoms with Crippen LogP contribution in [0.1, 0.15) is 12.8 Å². The second-order valence-electron chi connectivity index (χ2n) is 4.60. The van der Waals surface area contributed by atoms with E-state index in [1.807, 2.05) is 12.1 Å². The number of anilines is 1. The lowest BCUT2D eigenvalue weighted by atomic mass is 9.97. The van der Waals surface area contributed by atoms with E-state index in [-0.39, 0.29) is 12.4 Å². The van der Waals surface area contributed by atoms with Crippen molar-refractivity contribution in [2.24, 2.45) is 11.7 Å². The van der Waals surface area contributed by atoms with E-state index in [0.29, 0.717) is 5.92 Å². The number of H-pyrrole nitrogens is 1. The molecule has 0 spiro atoms. The SMILES string of the molecule is Cl.NCC1CCN(c2nc3ncccc3[nH]2)CC1. The van der Waals surface area contributed by atoms with Gasteiger partial charge in [-0.25, -0.2) is 4.98 Å². The quantitative estimate of drug-likeness (QED) is 0.866. The number of hydrogen-bond donors (Lipinski definition) is 2. The second-order valence-corrected chi connectivity index (χ2v) is 4.60. The Morgan fingerprint density at radius 2 is 2.17 bits per heavy atom. The summed E-state index contributed by atoms with van der Waals surface area (Å²) in [5, 5.41) is 0. The highest BCUT2D eigenvalue weighted by Gasteiger charge is 2.20. The number of hydrogen-bond acceptors (Lipinski definition) is 4. The molecule has 3 heterocycles. The molecule has 1 aliphatic rings. The number of nitrogens with zero attached hydrogens (tertiary/aromatic N) is 3. The highest BCUT2D eigenvalue weighted by atomic mass is 35.5. The van der Waals surface area contributed by atoms with Crippen LogP contribution in [0.15, 0.2) is 18.3 Å². The predicted octanol–water partition coefficient (Wildman–Crippen LogP) is 1.55. The van der Waals surface area contributed by atoms with Crippen LogP contribution >= 0.6 is 12.4 Å². The van der Waals surface area contributed by atoms with Crippen molar-refractivity contribution in [2.45, 2.75) is 12.8 Å². The fraction of sp³-hybridized carbons (Fsp3) is 0.500. The first-order valence-corrected chi connectivity index (χ1v) is 6.12. The maximum atomic E-state index is 5.70. The Morgan fingerprint density at radius 1 is 1.39 bits per heavy atom. The average Bonchev–Trinajstić information content (AvgIpc) is 2.82. The van der Waals surface area contributed by atoms with E-state index in [2.05, 4.69) is 19.9 Å². The van der Waals surface area contributed by atoms with Crippen LogP contribution in [-0.4, -0.2) is 34.6 Å². The lowest BCUT2D eigenvalue weighted by Crippen LogP contribution is -2.36. The zero-order chi connectivity index (χ0) is 11.7. The van der Waals surface area contributed by atoms with Crippen LogP contribution < -0.4 is 10.6 Å². The van der Waals surface area contributed by atoms with E-state index >= 15 is 0 Å². The number of aromatic nitrogens is 3. The molecule has 0 saturated carbocycles. The summed E-state index contributed by atoms with van der Waals surface area (Å²) in [4.78, 5) is 14.4. The number of pyridine rings is 1. The standard InChI is InChI=1S/C12H17N5.ClH/c13-8-9-3-6-17(7-4-9)12-15-10-2-1-5-14-11(10)16-12;/h1-2,5,9H,3-4,6-8,13H2,(H,14,15,16);1H. The average molecular weight is 268 g/mol. The predicted molar refractivity (Wildman–Crippen MR) is 75.1 cm³/mol. The summed E-state index contributed by atoms with van der Waals surface area (Å²) in [6, 6.07) is 3.93. The number of piperidine rings is 1. The van der Waals surface area contributed by atoms with Gasteiger partial charge in [-0.3, -0.25) is 0 Å². The Morgan fingerprint density at radius 3 is 2.83 bits per heavy atom. The van der Waals surface area contributed by atoms with E-state index in [9.17, 15) is 0 Å². The summed E-state index contributed by atoms with van der Waals surface area (Å²) in [6.07, 6.45) is 4.08. The molecule has 0 aromatic carbocycles. The first-order valence-electron chi connectivity index (χ1n) is 6.12. The fourth-order valence-electron chi connectivity index (χ4n) is 2.36. The number of nitrogens with one attached hydrogen (secondary N) is 1. The summed E-state index contributed by atoms with van der Waals surface area (Å²) < 4.78 is 0. The van der Waals surface area contributed by atoms with Crippen molar-refractivity contribution in [2.75, 3.05) is 24.5 Å². The van der Waals surface area contributed by atoms with E-state index in [1.165, 1.54) is 0 Å². The third kappa shape index (κ3) is 2.42. The monoisotopic (exact) mass is 267 g/mol. The van der Waals surface area contributed by atoms with Gasteiger partial charge in [0, 0.05) is 19.3 Å². The number of halogens is 1. The summed E-state index contributed by atoms with van der Waals surface area (Å²) in [5.74, 6) is 1.61. The zero-order valence-corrected chi connectivity index (χ0v) is 11.0. The minimum absolute atomic E-state index is 0. The molecule has 5 nitrogen and oxygen atoms in total. The van der Waals surface area contributed by atoms with Crippen molar-refractivity contribution < 1.29 is 0 Å². The van der Waals surface area contributed by atoms with Gasteiger partial charge < -0.3 is 15.6 Å². The van der Waals surface area contributed by atoms with Gasteiger partial charge in [-0.05, 0) is 37.4 Å². The molecule has 18 heavy (non-hydrogen) atoms. The van der Waals surface area contributed by atoms with Crippen molar-refractivity contribution in [3.8, 4) is 0 Å². The second kappa shape index (κ2) is 5.54. The van der Waals surface area contributed by atoms with Gasteiger partial charge in [0.25, 0.3) is 0 Å². The Kier molecular flexibility index (Phi) is 4.04. The van der Waals surface area contributed by atoms with Crippen LogP contribution in [0.25, 0.3) is 11.2 Å². The largest absolute Gasteiger partial charge is 0.342 e. The van der Waals surface area contributed by atoms with Crippen molar-refractivity contribution in [3.63, 3.8) is 0 Å². The minimum Gasteiger partial charge on any atom is -0.342 e. The molecule has 1 fully saturated rings. The molecule has 0 atom stereocenters. The molecule has 0 unspecified atom stereocenters. The molecule has 1 aliphatic heterocycles. The molecular formula is C12H18ClN5. The molecule has 0 aliphatic carbocycles. The lowest BCUT2D eigenvalue weighted by Gasteiger charge is -2.30. The first kappa shape index (κ1) is 13.1. The number of nitrogens with two attached hydrogens (primary N) is 1.